The van der Waals surface area contributed by atoms with E-state index in [9.17, 15) is 4.79 Å². The molecule has 0 aliphatic carbocycles. The zero-order valence-electron chi connectivity index (χ0n) is 21.5. The molecule has 0 aliphatic heterocycles. The van der Waals surface area contributed by atoms with E-state index in [0.29, 0.717) is 37.4 Å². The number of hydrogen-bond acceptors (Lipinski definition) is 4. The molecule has 2 heterocycles. The van der Waals surface area contributed by atoms with Crippen LogP contribution in [0.1, 0.15) is 27.2 Å². The van der Waals surface area contributed by atoms with Gasteiger partial charge in [-0.15, -0.1) is 0 Å². The van der Waals surface area contributed by atoms with Crippen LogP contribution in [-0.2, 0) is 17.8 Å². The Morgan fingerprint density at radius 2 is 1.79 bits per heavy atom. The molecule has 7 heteroatoms. The summed E-state index contributed by atoms with van der Waals surface area (Å²) < 4.78 is 9.34. The number of imidazole rings is 1. The van der Waals surface area contributed by atoms with Crippen molar-refractivity contribution in [3.63, 3.8) is 0 Å². The average molecular weight is 504 g/mol. The number of aromatic nitrogens is 3. The zero-order chi connectivity index (χ0) is 26.5. The topological polar surface area (TPSA) is 76.1 Å². The van der Waals surface area contributed by atoms with Crippen molar-refractivity contribution in [2.24, 2.45) is 0 Å². The summed E-state index contributed by atoms with van der Waals surface area (Å²) in [6.45, 7) is 2.18. The fraction of sp³-hybridized carbons (Fsp3) is 0.194. The van der Waals surface area contributed by atoms with Crippen LogP contribution >= 0.6 is 0 Å². The van der Waals surface area contributed by atoms with Crippen LogP contribution in [0, 0.1) is 11.3 Å². The zero-order valence-corrected chi connectivity index (χ0v) is 21.5. The van der Waals surface area contributed by atoms with Crippen molar-refractivity contribution in [2.75, 3.05) is 27.3 Å². The number of carbonyl (C=O) groups is 1. The quantitative estimate of drug-likeness (QED) is 0.277. The van der Waals surface area contributed by atoms with Crippen molar-refractivity contribution in [1.82, 2.24) is 19.0 Å². The van der Waals surface area contributed by atoms with Crippen molar-refractivity contribution in [3.8, 4) is 17.2 Å². The summed E-state index contributed by atoms with van der Waals surface area (Å²) in [5, 5.41) is 11.3. The predicted molar refractivity (Wildman–Crippen MR) is 148 cm³/mol. The number of amides is 1. The first-order valence-corrected chi connectivity index (χ1v) is 12.5. The van der Waals surface area contributed by atoms with E-state index in [1.54, 1.807) is 19.1 Å². The van der Waals surface area contributed by atoms with Gasteiger partial charge in [-0.25, -0.2) is 4.98 Å². The normalized spacial score (nSPS) is 11.0. The highest BCUT2D eigenvalue weighted by Gasteiger charge is 2.21. The molecular weight excluding hydrogens is 474 g/mol. The van der Waals surface area contributed by atoms with Crippen molar-refractivity contribution < 1.29 is 9.53 Å². The third-order valence-electron chi connectivity index (χ3n) is 6.75. The van der Waals surface area contributed by atoms with Gasteiger partial charge < -0.3 is 18.8 Å². The molecule has 0 fully saturated rings. The Hall–Kier alpha value is -4.67. The number of fused-ring (bicyclic) bond motifs is 1. The maximum Gasteiger partial charge on any atom is 0.255 e. The molecule has 0 atom stereocenters. The number of carbonyl (C=O) groups excluding carboxylic acids is 1. The molecule has 1 amide bonds. The summed E-state index contributed by atoms with van der Waals surface area (Å²) in [4.78, 5) is 19.7. The van der Waals surface area contributed by atoms with Gasteiger partial charge in [0.15, 0.2) is 0 Å². The number of nitrogens with zero attached hydrogens (tertiary/aromatic N) is 5. The van der Waals surface area contributed by atoms with Crippen LogP contribution in [0.2, 0.25) is 0 Å². The monoisotopic (exact) mass is 503 g/mol. The molecule has 0 radical (unpaired) electrons. The molecule has 3 aromatic carbocycles. The Labute approximate surface area is 222 Å². The molecule has 0 saturated carbocycles. The number of likely N-dealkylation sites (N-methyl/N-ethyl adjacent to an activating group) is 1. The minimum Gasteiger partial charge on any atom is -0.383 e. The lowest BCUT2D eigenvalue weighted by Gasteiger charge is -2.17. The van der Waals surface area contributed by atoms with Gasteiger partial charge in [-0.1, -0.05) is 54.6 Å². The van der Waals surface area contributed by atoms with Crippen LogP contribution in [-0.4, -0.2) is 52.2 Å². The average Bonchev–Trinajstić information content (AvgIpc) is 3.58. The Bertz CT molecular complexity index is 1600. The Kier molecular flexibility index (Phi) is 7.34. The van der Waals surface area contributed by atoms with E-state index >= 15 is 0 Å². The van der Waals surface area contributed by atoms with Gasteiger partial charge >= 0.3 is 0 Å². The summed E-state index contributed by atoms with van der Waals surface area (Å²) in [7, 11) is 3.44. The Morgan fingerprint density at radius 3 is 2.58 bits per heavy atom. The molecule has 0 unspecified atom stereocenters. The van der Waals surface area contributed by atoms with Crippen LogP contribution in [0.3, 0.4) is 0 Å². The third kappa shape index (κ3) is 5.22. The number of methoxy groups -OCH3 is 1. The minimum absolute atomic E-state index is 0.0465. The van der Waals surface area contributed by atoms with Gasteiger partial charge in [0.1, 0.15) is 0 Å². The molecule has 38 heavy (non-hydrogen) atoms. The van der Waals surface area contributed by atoms with E-state index < -0.39 is 0 Å². The second-order valence-electron chi connectivity index (χ2n) is 9.33. The second-order valence-corrected chi connectivity index (χ2v) is 9.33. The highest BCUT2D eigenvalue weighted by molar-refractivity contribution is 6.05. The maximum absolute atomic E-state index is 13.6. The molecule has 7 nitrogen and oxygen atoms in total. The summed E-state index contributed by atoms with van der Waals surface area (Å²) in [5.74, 6) is -0.0465. The molecule has 0 spiro atoms. The van der Waals surface area contributed by atoms with E-state index in [-0.39, 0.29) is 5.91 Å². The predicted octanol–water partition coefficient (Wildman–Crippen LogP) is 5.19. The molecule has 0 bridgehead atoms. The first-order valence-electron chi connectivity index (χ1n) is 12.5. The first kappa shape index (κ1) is 25.0. The fourth-order valence-corrected chi connectivity index (χ4v) is 4.67. The number of ether oxygens (including phenoxy) is 1. The lowest BCUT2D eigenvalue weighted by Crippen LogP contribution is -2.30. The van der Waals surface area contributed by atoms with Gasteiger partial charge in [0.05, 0.1) is 42.4 Å². The molecule has 2 aromatic heterocycles. The van der Waals surface area contributed by atoms with E-state index in [1.165, 1.54) is 0 Å². The summed E-state index contributed by atoms with van der Waals surface area (Å²) in [6, 6.07) is 24.2. The number of rotatable bonds is 9. The van der Waals surface area contributed by atoms with Crippen LogP contribution in [0.15, 0.2) is 91.6 Å². The Balaban J connectivity index is 1.50. The lowest BCUT2D eigenvalue weighted by atomic mass is 9.97. The number of nitriles is 1. The minimum atomic E-state index is -0.0465. The first-order chi connectivity index (χ1) is 18.6. The largest absolute Gasteiger partial charge is 0.383 e. The van der Waals surface area contributed by atoms with Crippen molar-refractivity contribution in [1.29, 1.82) is 5.26 Å². The van der Waals surface area contributed by atoms with Gasteiger partial charge in [-0.2, -0.15) is 5.26 Å². The summed E-state index contributed by atoms with van der Waals surface area (Å²) in [6.07, 6.45) is 7.65. The SMILES string of the molecule is COCCN(C)C(=O)c1cn(Cc2cncn2Cc2ccc(C#N)cc2)cc1-c1cccc2ccccc12. The highest BCUT2D eigenvalue weighted by Crippen LogP contribution is 2.32. The van der Waals surface area contributed by atoms with Crippen molar-refractivity contribution in [3.05, 3.63) is 114 Å². The van der Waals surface area contributed by atoms with Crippen molar-refractivity contribution in [2.45, 2.75) is 13.1 Å². The van der Waals surface area contributed by atoms with Crippen LogP contribution < -0.4 is 0 Å². The van der Waals surface area contributed by atoms with E-state index in [2.05, 4.69) is 50.6 Å². The van der Waals surface area contributed by atoms with Gasteiger partial charge in [0, 0.05) is 51.4 Å². The smallest absolute Gasteiger partial charge is 0.255 e. The fourth-order valence-electron chi connectivity index (χ4n) is 4.67. The van der Waals surface area contributed by atoms with Crippen molar-refractivity contribution >= 4 is 16.7 Å². The second kappa shape index (κ2) is 11.2. The van der Waals surface area contributed by atoms with Gasteiger partial charge in [0.25, 0.3) is 5.91 Å². The van der Waals surface area contributed by atoms with E-state index in [1.807, 2.05) is 61.2 Å². The summed E-state index contributed by atoms with van der Waals surface area (Å²) in [5.41, 5.74) is 5.31. The molecule has 5 aromatic rings. The lowest BCUT2D eigenvalue weighted by molar-refractivity contribution is 0.0745. The van der Waals surface area contributed by atoms with Gasteiger partial charge in [-0.3, -0.25) is 4.79 Å². The van der Waals surface area contributed by atoms with Gasteiger partial charge in [-0.05, 0) is 34.0 Å². The highest BCUT2D eigenvalue weighted by atomic mass is 16.5. The number of hydrogen-bond donors (Lipinski definition) is 0. The van der Waals surface area contributed by atoms with Crippen LogP contribution in [0.5, 0.6) is 0 Å². The number of benzene rings is 3. The van der Waals surface area contributed by atoms with Crippen LogP contribution in [0.25, 0.3) is 21.9 Å². The van der Waals surface area contributed by atoms with Gasteiger partial charge in [0.2, 0.25) is 0 Å². The van der Waals surface area contributed by atoms with E-state index in [0.717, 1.165) is 33.2 Å². The van der Waals surface area contributed by atoms with Crippen LogP contribution in [0.4, 0.5) is 0 Å². The maximum atomic E-state index is 13.6. The third-order valence-corrected chi connectivity index (χ3v) is 6.75. The Morgan fingerprint density at radius 1 is 1.00 bits per heavy atom. The standard InChI is InChI=1S/C31H29N5O2/c1-34(14-15-38-2)31(37)30-21-35(20-29(30)28-9-5-7-25-6-3-4-8-27(25)28)19-26-17-33-22-36(26)18-24-12-10-23(16-32)11-13-24/h3-13,17,20-22H,14-15,18-19H2,1-2H3. The molecule has 0 aliphatic rings. The molecular formula is C31H29N5O2. The van der Waals surface area contributed by atoms with E-state index in [4.69, 9.17) is 10.00 Å². The summed E-state index contributed by atoms with van der Waals surface area (Å²) >= 11 is 0. The molecule has 5 rings (SSSR count). The molecule has 0 saturated heterocycles. The molecule has 0 N–H and O–H groups in total. The molecule has 190 valence electrons.